The van der Waals surface area contributed by atoms with E-state index in [1.165, 1.54) is 12.0 Å². The van der Waals surface area contributed by atoms with Crippen LogP contribution in [0.4, 0.5) is 0 Å². The lowest BCUT2D eigenvalue weighted by Gasteiger charge is -2.25. The van der Waals surface area contributed by atoms with Crippen LogP contribution in [0.2, 0.25) is 0 Å². The fraction of sp³-hybridized carbons (Fsp3) is 0.286. The Morgan fingerprint density at radius 2 is 1.68 bits per heavy atom. The molecule has 0 aliphatic carbocycles. The highest BCUT2D eigenvalue weighted by atomic mass is 16.5. The first kappa shape index (κ1) is 21.0. The van der Waals surface area contributed by atoms with Gasteiger partial charge in [-0.2, -0.15) is 0 Å². The number of methoxy groups -OCH3 is 1. The van der Waals surface area contributed by atoms with Crippen LogP contribution in [0.25, 0.3) is 0 Å². The molecular formula is C21H24N2O5. The molecule has 2 amide bonds. The molecule has 7 heteroatoms. The van der Waals surface area contributed by atoms with Gasteiger partial charge in [0.25, 0.3) is 11.8 Å². The number of likely N-dealkylation sites (N-methyl/N-ethyl adjacent to an activating group) is 1. The first-order valence-corrected chi connectivity index (χ1v) is 8.81. The van der Waals surface area contributed by atoms with Gasteiger partial charge < -0.3 is 19.7 Å². The van der Waals surface area contributed by atoms with Crippen molar-refractivity contribution in [2.75, 3.05) is 27.3 Å². The predicted molar refractivity (Wildman–Crippen MR) is 104 cm³/mol. The molecule has 7 nitrogen and oxygen atoms in total. The first-order valence-electron chi connectivity index (χ1n) is 8.81. The van der Waals surface area contributed by atoms with E-state index in [1.54, 1.807) is 31.3 Å². The van der Waals surface area contributed by atoms with E-state index in [0.29, 0.717) is 11.3 Å². The molecule has 0 saturated heterocycles. The zero-order chi connectivity index (χ0) is 20.5. The minimum atomic E-state index is -0.684. The molecule has 1 atom stereocenters. The largest absolute Gasteiger partial charge is 0.497 e. The van der Waals surface area contributed by atoms with Crippen LogP contribution >= 0.6 is 0 Å². The summed E-state index contributed by atoms with van der Waals surface area (Å²) in [4.78, 5) is 37.6. The monoisotopic (exact) mass is 384 g/mol. The molecule has 0 aliphatic rings. The van der Waals surface area contributed by atoms with Gasteiger partial charge in [0.2, 0.25) is 0 Å². The van der Waals surface area contributed by atoms with Crippen LogP contribution in [0, 0.1) is 0 Å². The van der Waals surface area contributed by atoms with Crippen molar-refractivity contribution in [3.05, 3.63) is 65.7 Å². The summed E-state index contributed by atoms with van der Waals surface area (Å²) in [6.07, 6.45) is 0. The third kappa shape index (κ3) is 5.84. The molecule has 0 radical (unpaired) electrons. The Kier molecular flexibility index (Phi) is 7.56. The molecule has 2 aromatic rings. The molecule has 0 saturated carbocycles. The molecule has 1 N–H and O–H groups in total. The van der Waals surface area contributed by atoms with E-state index in [-0.39, 0.29) is 25.1 Å². The van der Waals surface area contributed by atoms with Crippen LogP contribution in [0.1, 0.15) is 28.9 Å². The third-order valence-electron chi connectivity index (χ3n) is 4.36. The van der Waals surface area contributed by atoms with Gasteiger partial charge in [-0.3, -0.25) is 14.4 Å². The first-order chi connectivity index (χ1) is 13.4. The summed E-state index contributed by atoms with van der Waals surface area (Å²) in [5.41, 5.74) is 1.37. The maximum atomic E-state index is 12.2. The number of ether oxygens (including phenoxy) is 2. The molecule has 0 spiro atoms. The van der Waals surface area contributed by atoms with Crippen LogP contribution < -0.4 is 10.1 Å². The van der Waals surface area contributed by atoms with Crippen LogP contribution in [0.5, 0.6) is 5.75 Å². The second kappa shape index (κ2) is 10.1. The van der Waals surface area contributed by atoms with Gasteiger partial charge in [0, 0.05) is 12.6 Å². The van der Waals surface area contributed by atoms with Crippen LogP contribution in [-0.4, -0.2) is 50.0 Å². The topological polar surface area (TPSA) is 84.9 Å². The Hall–Kier alpha value is -3.35. The van der Waals surface area contributed by atoms with E-state index in [2.05, 4.69) is 5.32 Å². The van der Waals surface area contributed by atoms with E-state index in [0.717, 1.165) is 5.56 Å². The second-order valence-electron chi connectivity index (χ2n) is 6.16. The Labute approximate surface area is 164 Å². The summed E-state index contributed by atoms with van der Waals surface area (Å²) < 4.78 is 9.99. The number of esters is 1. The number of hydrogen-bond acceptors (Lipinski definition) is 5. The van der Waals surface area contributed by atoms with Gasteiger partial charge in [0.05, 0.1) is 13.2 Å². The number of rotatable bonds is 8. The summed E-state index contributed by atoms with van der Waals surface area (Å²) in [5, 5.41) is 2.46. The zero-order valence-electron chi connectivity index (χ0n) is 16.2. The average Bonchev–Trinajstić information content (AvgIpc) is 2.75. The minimum Gasteiger partial charge on any atom is -0.497 e. The highest BCUT2D eigenvalue weighted by molar-refractivity contribution is 5.96. The zero-order valence-corrected chi connectivity index (χ0v) is 16.2. The lowest BCUT2D eigenvalue weighted by Crippen LogP contribution is -2.36. The normalized spacial score (nSPS) is 11.2. The van der Waals surface area contributed by atoms with Crippen molar-refractivity contribution in [2.24, 2.45) is 0 Å². The molecule has 0 aliphatic heterocycles. The molecule has 0 heterocycles. The van der Waals surface area contributed by atoms with Gasteiger partial charge in [-0.25, -0.2) is 0 Å². The molecule has 0 fully saturated rings. The number of carbonyl (C=O) groups excluding carboxylic acids is 3. The second-order valence-corrected chi connectivity index (χ2v) is 6.16. The molecule has 0 bridgehead atoms. The van der Waals surface area contributed by atoms with Crippen LogP contribution in [0.3, 0.4) is 0 Å². The SMILES string of the molecule is COc1ccc(C(=O)NCC(=O)OCC(=O)N(C)C(C)c2ccccc2)cc1. The quantitative estimate of drug-likeness (QED) is 0.705. The van der Waals surface area contributed by atoms with Crippen molar-refractivity contribution in [3.8, 4) is 5.75 Å². The highest BCUT2D eigenvalue weighted by Crippen LogP contribution is 2.18. The number of nitrogens with zero attached hydrogens (tertiary/aromatic N) is 1. The predicted octanol–water partition coefficient (Wildman–Crippen LogP) is 2.19. The van der Waals surface area contributed by atoms with Gasteiger partial charge in [-0.05, 0) is 36.8 Å². The number of benzene rings is 2. The molecule has 148 valence electrons. The number of hydrogen-bond donors (Lipinski definition) is 1. The van der Waals surface area contributed by atoms with Crippen LogP contribution in [0.15, 0.2) is 54.6 Å². The summed E-state index contributed by atoms with van der Waals surface area (Å²) >= 11 is 0. The molecular weight excluding hydrogens is 360 g/mol. The van der Waals surface area contributed by atoms with Crippen molar-refractivity contribution in [3.63, 3.8) is 0 Å². The fourth-order valence-corrected chi connectivity index (χ4v) is 2.46. The summed E-state index contributed by atoms with van der Waals surface area (Å²) in [5.74, 6) is -0.800. The summed E-state index contributed by atoms with van der Waals surface area (Å²) in [6.45, 7) is 1.19. The Balaban J connectivity index is 1.76. The standard InChI is InChI=1S/C21H24N2O5/c1-15(16-7-5-4-6-8-16)23(2)19(24)14-28-20(25)13-22-21(26)17-9-11-18(27-3)12-10-17/h4-12,15H,13-14H2,1-3H3,(H,22,26). The average molecular weight is 384 g/mol. The molecule has 28 heavy (non-hydrogen) atoms. The molecule has 2 rings (SSSR count). The van der Waals surface area contributed by atoms with Gasteiger partial charge in [0.15, 0.2) is 6.61 Å². The van der Waals surface area contributed by atoms with E-state index in [4.69, 9.17) is 9.47 Å². The van der Waals surface area contributed by atoms with Gasteiger partial charge in [-0.1, -0.05) is 30.3 Å². The van der Waals surface area contributed by atoms with Gasteiger partial charge in [-0.15, -0.1) is 0 Å². The van der Waals surface area contributed by atoms with Crippen LogP contribution in [-0.2, 0) is 14.3 Å². The molecule has 2 aromatic carbocycles. The van der Waals surface area contributed by atoms with E-state index in [9.17, 15) is 14.4 Å². The van der Waals surface area contributed by atoms with Crippen molar-refractivity contribution in [1.29, 1.82) is 0 Å². The van der Waals surface area contributed by atoms with Crippen molar-refractivity contribution in [1.82, 2.24) is 10.2 Å². The summed E-state index contributed by atoms with van der Waals surface area (Å²) in [7, 11) is 3.18. The minimum absolute atomic E-state index is 0.151. The number of nitrogens with one attached hydrogen (secondary N) is 1. The Morgan fingerprint density at radius 1 is 1.04 bits per heavy atom. The van der Waals surface area contributed by atoms with Gasteiger partial charge >= 0.3 is 5.97 Å². The number of amides is 2. The molecule has 1 unspecified atom stereocenters. The van der Waals surface area contributed by atoms with E-state index < -0.39 is 11.9 Å². The maximum Gasteiger partial charge on any atom is 0.325 e. The summed E-state index contributed by atoms with van der Waals surface area (Å²) in [6, 6.07) is 15.9. The maximum absolute atomic E-state index is 12.2. The van der Waals surface area contributed by atoms with Crippen molar-refractivity contribution in [2.45, 2.75) is 13.0 Å². The highest BCUT2D eigenvalue weighted by Gasteiger charge is 2.19. The van der Waals surface area contributed by atoms with Gasteiger partial charge in [0.1, 0.15) is 12.3 Å². The fourth-order valence-electron chi connectivity index (χ4n) is 2.46. The Bertz CT molecular complexity index is 805. The van der Waals surface area contributed by atoms with E-state index in [1.807, 2.05) is 37.3 Å². The lowest BCUT2D eigenvalue weighted by atomic mass is 10.1. The lowest BCUT2D eigenvalue weighted by molar-refractivity contribution is -0.151. The Morgan fingerprint density at radius 3 is 2.29 bits per heavy atom. The number of carbonyl (C=O) groups is 3. The smallest absolute Gasteiger partial charge is 0.325 e. The third-order valence-corrected chi connectivity index (χ3v) is 4.36. The van der Waals surface area contributed by atoms with Crippen molar-refractivity contribution < 1.29 is 23.9 Å². The molecule has 0 aromatic heterocycles. The van der Waals surface area contributed by atoms with Crippen molar-refractivity contribution >= 4 is 17.8 Å². The van der Waals surface area contributed by atoms with E-state index >= 15 is 0 Å².